The molecule has 0 saturated heterocycles. The highest BCUT2D eigenvalue weighted by atomic mass is 16.5. The van der Waals surface area contributed by atoms with Crippen molar-refractivity contribution >= 4 is 11.6 Å². The molecule has 0 atom stereocenters. The van der Waals surface area contributed by atoms with Crippen LogP contribution in [0, 0.1) is 11.3 Å². The van der Waals surface area contributed by atoms with Crippen LogP contribution in [0.1, 0.15) is 24.5 Å². The lowest BCUT2D eigenvalue weighted by Gasteiger charge is -2.22. The van der Waals surface area contributed by atoms with Crippen LogP contribution < -0.4 is 4.90 Å². The van der Waals surface area contributed by atoms with Crippen molar-refractivity contribution in [1.82, 2.24) is 0 Å². The van der Waals surface area contributed by atoms with Crippen molar-refractivity contribution in [1.29, 1.82) is 5.26 Å². The summed E-state index contributed by atoms with van der Waals surface area (Å²) in [6, 6.07) is 15.7. The van der Waals surface area contributed by atoms with Crippen molar-refractivity contribution in [2.75, 3.05) is 18.1 Å². The van der Waals surface area contributed by atoms with Crippen LogP contribution in [0.25, 0.3) is 11.1 Å². The first-order chi connectivity index (χ1) is 11.2. The molecule has 0 unspecified atom stereocenters. The maximum absolute atomic E-state index is 12.2. The average molecular weight is 306 g/mol. The number of nitriles is 1. The Morgan fingerprint density at radius 1 is 1.17 bits per heavy atom. The maximum Gasteiger partial charge on any atom is 0.252 e. The summed E-state index contributed by atoms with van der Waals surface area (Å²) in [5.41, 5.74) is 4.58. The highest BCUT2D eigenvalue weighted by Crippen LogP contribution is 2.30. The summed E-state index contributed by atoms with van der Waals surface area (Å²) in [5, 5.41) is 9.05. The zero-order valence-electron chi connectivity index (χ0n) is 13.1. The minimum atomic E-state index is 0.00447. The summed E-state index contributed by atoms with van der Waals surface area (Å²) in [6.07, 6.45) is 0.900. The van der Waals surface area contributed by atoms with E-state index in [0.29, 0.717) is 18.7 Å². The summed E-state index contributed by atoms with van der Waals surface area (Å²) in [4.78, 5) is 14.0. The molecule has 0 N–H and O–H groups in total. The molecule has 0 radical (unpaired) electrons. The number of ether oxygens (including phenoxy) is 1. The molecule has 2 aromatic rings. The molecule has 116 valence electrons. The van der Waals surface area contributed by atoms with Crippen molar-refractivity contribution in [2.45, 2.75) is 20.0 Å². The molecular weight excluding hydrogens is 288 g/mol. The van der Waals surface area contributed by atoms with Gasteiger partial charge in [0.25, 0.3) is 5.91 Å². The van der Waals surface area contributed by atoms with Crippen LogP contribution in [0.4, 0.5) is 5.69 Å². The first kappa shape index (κ1) is 15.3. The Kier molecular flexibility index (Phi) is 4.40. The highest BCUT2D eigenvalue weighted by molar-refractivity contribution is 5.96. The SMILES string of the molecule is CCCN1C(=O)COCc2cc(-c3cccc(C#N)c3)ccc21. The van der Waals surface area contributed by atoms with Crippen LogP contribution in [0.15, 0.2) is 42.5 Å². The van der Waals surface area contributed by atoms with Gasteiger partial charge in [-0.1, -0.05) is 25.1 Å². The number of hydrogen-bond donors (Lipinski definition) is 0. The summed E-state index contributed by atoms with van der Waals surface area (Å²) in [6.45, 7) is 3.29. The van der Waals surface area contributed by atoms with Gasteiger partial charge < -0.3 is 9.64 Å². The van der Waals surface area contributed by atoms with E-state index in [9.17, 15) is 4.79 Å². The van der Waals surface area contributed by atoms with Crippen LogP contribution in [0.3, 0.4) is 0 Å². The number of nitrogens with zero attached hydrogens (tertiary/aromatic N) is 2. The quantitative estimate of drug-likeness (QED) is 0.872. The van der Waals surface area contributed by atoms with E-state index in [4.69, 9.17) is 10.00 Å². The molecule has 0 fully saturated rings. The van der Waals surface area contributed by atoms with Gasteiger partial charge in [0.15, 0.2) is 0 Å². The number of anilines is 1. The maximum atomic E-state index is 12.2. The third kappa shape index (κ3) is 3.10. The molecule has 0 aromatic heterocycles. The second-order valence-electron chi connectivity index (χ2n) is 5.57. The number of fused-ring (bicyclic) bond motifs is 1. The molecule has 1 aliphatic rings. The molecular formula is C19H18N2O2. The van der Waals surface area contributed by atoms with E-state index in [0.717, 1.165) is 28.8 Å². The van der Waals surface area contributed by atoms with Gasteiger partial charge in [-0.05, 0) is 41.8 Å². The fourth-order valence-electron chi connectivity index (χ4n) is 2.84. The molecule has 0 aliphatic carbocycles. The van der Waals surface area contributed by atoms with E-state index in [1.165, 1.54) is 0 Å². The normalized spacial score (nSPS) is 14.1. The molecule has 3 rings (SSSR count). The third-order valence-electron chi connectivity index (χ3n) is 3.93. The zero-order valence-corrected chi connectivity index (χ0v) is 13.1. The average Bonchev–Trinajstić information content (AvgIpc) is 2.74. The number of carbonyl (C=O) groups excluding carboxylic acids is 1. The minimum absolute atomic E-state index is 0.00447. The molecule has 0 bridgehead atoms. The Labute approximate surface area is 135 Å². The monoisotopic (exact) mass is 306 g/mol. The predicted octanol–water partition coefficient (Wildman–Crippen LogP) is 3.50. The van der Waals surface area contributed by atoms with E-state index in [1.54, 1.807) is 11.0 Å². The van der Waals surface area contributed by atoms with Gasteiger partial charge in [-0.2, -0.15) is 5.26 Å². The third-order valence-corrected chi connectivity index (χ3v) is 3.93. The Hall–Kier alpha value is -2.64. The van der Waals surface area contributed by atoms with E-state index < -0.39 is 0 Å². The van der Waals surface area contributed by atoms with Gasteiger partial charge in [-0.3, -0.25) is 4.79 Å². The number of amides is 1. The second kappa shape index (κ2) is 6.64. The second-order valence-corrected chi connectivity index (χ2v) is 5.57. The van der Waals surface area contributed by atoms with Gasteiger partial charge in [0.1, 0.15) is 6.61 Å². The van der Waals surface area contributed by atoms with E-state index in [-0.39, 0.29) is 12.5 Å². The zero-order chi connectivity index (χ0) is 16.2. The highest BCUT2D eigenvalue weighted by Gasteiger charge is 2.22. The molecule has 0 saturated carbocycles. The van der Waals surface area contributed by atoms with Gasteiger partial charge in [-0.25, -0.2) is 0 Å². The van der Waals surface area contributed by atoms with Crippen molar-refractivity contribution in [3.63, 3.8) is 0 Å². The number of benzene rings is 2. The lowest BCUT2D eigenvalue weighted by molar-refractivity contribution is -0.123. The fourth-order valence-corrected chi connectivity index (χ4v) is 2.84. The van der Waals surface area contributed by atoms with Crippen LogP contribution in [-0.4, -0.2) is 19.1 Å². The van der Waals surface area contributed by atoms with Crippen molar-refractivity contribution in [3.05, 3.63) is 53.6 Å². The number of hydrogen-bond acceptors (Lipinski definition) is 3. The Morgan fingerprint density at radius 2 is 2.00 bits per heavy atom. The van der Waals surface area contributed by atoms with Crippen LogP contribution >= 0.6 is 0 Å². The van der Waals surface area contributed by atoms with Gasteiger partial charge in [0, 0.05) is 17.8 Å². The molecule has 23 heavy (non-hydrogen) atoms. The molecule has 4 nitrogen and oxygen atoms in total. The van der Waals surface area contributed by atoms with Crippen molar-refractivity contribution in [3.8, 4) is 17.2 Å². The van der Waals surface area contributed by atoms with E-state index in [2.05, 4.69) is 13.0 Å². The van der Waals surface area contributed by atoms with Crippen molar-refractivity contribution < 1.29 is 9.53 Å². The number of carbonyl (C=O) groups is 1. The Balaban J connectivity index is 2.03. The molecule has 1 heterocycles. The van der Waals surface area contributed by atoms with Crippen LogP contribution in [0.5, 0.6) is 0 Å². The molecule has 1 aliphatic heterocycles. The van der Waals surface area contributed by atoms with Gasteiger partial charge in [0.05, 0.1) is 18.2 Å². The number of rotatable bonds is 3. The minimum Gasteiger partial charge on any atom is -0.367 e. The van der Waals surface area contributed by atoms with Crippen molar-refractivity contribution in [2.24, 2.45) is 0 Å². The van der Waals surface area contributed by atoms with Gasteiger partial charge in [-0.15, -0.1) is 0 Å². The first-order valence-corrected chi connectivity index (χ1v) is 7.74. The fraction of sp³-hybridized carbons (Fsp3) is 0.263. The largest absolute Gasteiger partial charge is 0.367 e. The Morgan fingerprint density at radius 3 is 2.78 bits per heavy atom. The Bertz CT molecular complexity index is 777. The topological polar surface area (TPSA) is 53.3 Å². The van der Waals surface area contributed by atoms with E-state index >= 15 is 0 Å². The summed E-state index contributed by atoms with van der Waals surface area (Å²) < 4.78 is 5.50. The first-order valence-electron chi connectivity index (χ1n) is 7.74. The molecule has 0 spiro atoms. The van der Waals surface area contributed by atoms with Gasteiger partial charge >= 0.3 is 0 Å². The smallest absolute Gasteiger partial charge is 0.252 e. The summed E-state index contributed by atoms with van der Waals surface area (Å²) >= 11 is 0. The summed E-state index contributed by atoms with van der Waals surface area (Å²) in [7, 11) is 0. The van der Waals surface area contributed by atoms with Crippen LogP contribution in [0.2, 0.25) is 0 Å². The lowest BCUT2D eigenvalue weighted by atomic mass is 10.00. The van der Waals surface area contributed by atoms with Gasteiger partial charge in [0.2, 0.25) is 0 Å². The van der Waals surface area contributed by atoms with E-state index in [1.807, 2.05) is 36.4 Å². The summed E-state index contributed by atoms with van der Waals surface area (Å²) in [5.74, 6) is 0.00447. The molecule has 4 heteroatoms. The van der Waals surface area contributed by atoms with Crippen LogP contribution in [-0.2, 0) is 16.1 Å². The molecule has 2 aromatic carbocycles. The standard InChI is InChI=1S/C19H18N2O2/c1-2-8-21-18-7-6-16(10-17(18)12-23-13-19(21)22)15-5-3-4-14(9-15)11-20/h3-7,9-10H,2,8,12-13H2,1H3. The predicted molar refractivity (Wildman–Crippen MR) is 88.9 cm³/mol. The molecule has 1 amide bonds. The lowest BCUT2D eigenvalue weighted by Crippen LogP contribution is -2.33.